The Morgan fingerprint density at radius 3 is 2.30 bits per heavy atom. The third-order valence-electron chi connectivity index (χ3n) is 4.79. The number of hydrogen-bond donors (Lipinski definition) is 2. The highest BCUT2D eigenvalue weighted by Crippen LogP contribution is 2.34. The van der Waals surface area contributed by atoms with Crippen LogP contribution in [-0.2, 0) is 4.79 Å². The highest BCUT2D eigenvalue weighted by atomic mass is 35.5. The van der Waals surface area contributed by atoms with Crippen molar-refractivity contribution in [3.8, 4) is 0 Å². The topological polar surface area (TPSA) is 64.9 Å². The summed E-state index contributed by atoms with van der Waals surface area (Å²) in [6.07, 6.45) is -0.628. The molecule has 1 aliphatic heterocycles. The Labute approximate surface area is 168 Å². The van der Waals surface area contributed by atoms with Crippen molar-refractivity contribution in [3.05, 3.63) is 64.1 Å². The van der Waals surface area contributed by atoms with Gasteiger partial charge < -0.3 is 10.4 Å². The van der Waals surface area contributed by atoms with Crippen LogP contribution in [0.3, 0.4) is 0 Å². The molecule has 7 heteroatoms. The number of amides is 1. The molecule has 2 unspecified atom stereocenters. The second-order valence-corrected chi connectivity index (χ2v) is 7.80. The highest BCUT2D eigenvalue weighted by Gasteiger charge is 2.43. The van der Waals surface area contributed by atoms with Crippen molar-refractivity contribution < 1.29 is 9.90 Å². The van der Waals surface area contributed by atoms with Gasteiger partial charge >= 0.3 is 0 Å². The van der Waals surface area contributed by atoms with Crippen molar-refractivity contribution in [1.82, 2.24) is 5.01 Å². The quantitative estimate of drug-likeness (QED) is 0.788. The molecule has 0 bridgehead atoms. The molecule has 0 fully saturated rings. The van der Waals surface area contributed by atoms with E-state index in [0.29, 0.717) is 22.3 Å². The summed E-state index contributed by atoms with van der Waals surface area (Å²) >= 11 is 11.8. The fourth-order valence-corrected chi connectivity index (χ4v) is 3.31. The molecular weight excluding hydrogens is 385 g/mol. The van der Waals surface area contributed by atoms with Crippen LogP contribution in [0.5, 0.6) is 0 Å². The number of aliphatic hydroxyl groups is 1. The van der Waals surface area contributed by atoms with E-state index in [4.69, 9.17) is 23.2 Å². The van der Waals surface area contributed by atoms with Crippen LogP contribution in [0, 0.1) is 5.41 Å². The molecular formula is C20H21Cl2N3O2. The van der Waals surface area contributed by atoms with E-state index >= 15 is 0 Å². The lowest BCUT2D eigenvalue weighted by Crippen LogP contribution is -2.42. The van der Waals surface area contributed by atoms with Gasteiger partial charge in [-0.2, -0.15) is 5.10 Å². The summed E-state index contributed by atoms with van der Waals surface area (Å²) in [7, 11) is 0. The van der Waals surface area contributed by atoms with Gasteiger partial charge in [-0.3, -0.25) is 9.80 Å². The van der Waals surface area contributed by atoms with Gasteiger partial charge in [-0.25, -0.2) is 0 Å². The third kappa shape index (κ3) is 4.43. The Morgan fingerprint density at radius 2 is 1.74 bits per heavy atom. The van der Waals surface area contributed by atoms with Gasteiger partial charge in [-0.05, 0) is 55.8 Å². The Kier molecular flexibility index (Phi) is 5.75. The van der Waals surface area contributed by atoms with Crippen molar-refractivity contribution in [2.24, 2.45) is 10.5 Å². The van der Waals surface area contributed by atoms with E-state index in [0.717, 1.165) is 11.3 Å². The fraction of sp³-hybridized carbons (Fsp3) is 0.300. The van der Waals surface area contributed by atoms with Gasteiger partial charge in [-0.15, -0.1) is 0 Å². The minimum absolute atomic E-state index is 0.0853. The lowest BCUT2D eigenvalue weighted by Gasteiger charge is -2.29. The SMILES string of the molecule is CC(O)C1(C)CN(CC(=O)Nc2ccc(Cl)cc2)N=C1c1ccc(Cl)cc1. The normalized spacial score (nSPS) is 20.3. The van der Waals surface area contributed by atoms with Crippen LogP contribution in [0.2, 0.25) is 10.0 Å². The molecule has 1 aliphatic rings. The Bertz CT molecular complexity index is 851. The molecule has 3 rings (SSSR count). The first-order valence-electron chi connectivity index (χ1n) is 8.61. The van der Waals surface area contributed by atoms with Gasteiger partial charge in [0.05, 0.1) is 23.8 Å². The number of carbonyl (C=O) groups is 1. The van der Waals surface area contributed by atoms with Gasteiger partial charge in [0, 0.05) is 15.7 Å². The molecule has 27 heavy (non-hydrogen) atoms. The summed E-state index contributed by atoms with van der Waals surface area (Å²) in [5, 5.41) is 20.7. The molecule has 0 aromatic heterocycles. The second-order valence-electron chi connectivity index (χ2n) is 6.93. The molecule has 2 aromatic carbocycles. The number of benzene rings is 2. The van der Waals surface area contributed by atoms with Crippen molar-refractivity contribution in [2.45, 2.75) is 20.0 Å². The molecule has 2 aromatic rings. The number of aliphatic hydroxyl groups excluding tert-OH is 1. The summed E-state index contributed by atoms with van der Waals surface area (Å²) in [5.74, 6) is -0.189. The van der Waals surface area contributed by atoms with Crippen molar-refractivity contribution >= 4 is 40.5 Å². The minimum atomic E-state index is -0.628. The number of nitrogens with zero attached hydrogens (tertiary/aromatic N) is 2. The maximum atomic E-state index is 12.4. The highest BCUT2D eigenvalue weighted by molar-refractivity contribution is 6.31. The van der Waals surface area contributed by atoms with Gasteiger partial charge in [0.15, 0.2) is 0 Å². The maximum absolute atomic E-state index is 12.4. The van der Waals surface area contributed by atoms with E-state index < -0.39 is 11.5 Å². The average molecular weight is 406 g/mol. The fourth-order valence-electron chi connectivity index (χ4n) is 3.06. The molecule has 0 saturated heterocycles. The van der Waals surface area contributed by atoms with E-state index in [9.17, 15) is 9.90 Å². The predicted molar refractivity (Wildman–Crippen MR) is 109 cm³/mol. The van der Waals surface area contributed by atoms with E-state index in [1.165, 1.54) is 0 Å². The number of rotatable bonds is 5. The minimum Gasteiger partial charge on any atom is -0.392 e. The molecule has 2 atom stereocenters. The summed E-state index contributed by atoms with van der Waals surface area (Å²) < 4.78 is 0. The first-order chi connectivity index (χ1) is 12.8. The van der Waals surface area contributed by atoms with Crippen LogP contribution in [0.25, 0.3) is 0 Å². The smallest absolute Gasteiger partial charge is 0.245 e. The number of hydrogen-bond acceptors (Lipinski definition) is 4. The average Bonchev–Trinajstić information content (AvgIpc) is 2.95. The second kappa shape index (κ2) is 7.89. The summed E-state index contributed by atoms with van der Waals surface area (Å²) in [6.45, 7) is 4.21. The molecule has 0 aliphatic carbocycles. The van der Waals surface area contributed by atoms with Gasteiger partial charge in [0.2, 0.25) is 5.91 Å². The summed E-state index contributed by atoms with van der Waals surface area (Å²) in [4.78, 5) is 12.4. The number of hydrazone groups is 1. The Balaban J connectivity index is 1.77. The summed E-state index contributed by atoms with van der Waals surface area (Å²) in [6, 6.07) is 14.2. The third-order valence-corrected chi connectivity index (χ3v) is 5.29. The molecule has 0 saturated carbocycles. The number of nitrogens with one attached hydrogen (secondary N) is 1. The van der Waals surface area contributed by atoms with Crippen LogP contribution in [0.4, 0.5) is 5.69 Å². The van der Waals surface area contributed by atoms with E-state index in [1.807, 2.05) is 19.1 Å². The van der Waals surface area contributed by atoms with Gasteiger partial charge in [-0.1, -0.05) is 35.3 Å². The molecule has 1 heterocycles. The van der Waals surface area contributed by atoms with Crippen LogP contribution >= 0.6 is 23.2 Å². The van der Waals surface area contributed by atoms with E-state index in [-0.39, 0.29) is 12.5 Å². The molecule has 2 N–H and O–H groups in total. The van der Waals surface area contributed by atoms with Crippen molar-refractivity contribution in [1.29, 1.82) is 0 Å². The number of carbonyl (C=O) groups excluding carboxylic acids is 1. The standard InChI is InChI=1S/C20H21Cl2N3O2/c1-13(26)20(2)12-25(24-19(20)14-3-5-15(21)6-4-14)11-18(27)23-17-9-7-16(22)8-10-17/h3-10,13,26H,11-12H2,1-2H3,(H,23,27). The van der Waals surface area contributed by atoms with Crippen molar-refractivity contribution in [3.63, 3.8) is 0 Å². The molecule has 5 nitrogen and oxygen atoms in total. The van der Waals surface area contributed by atoms with Crippen LogP contribution < -0.4 is 5.32 Å². The monoisotopic (exact) mass is 405 g/mol. The van der Waals surface area contributed by atoms with Crippen LogP contribution in [0.1, 0.15) is 19.4 Å². The molecule has 142 valence electrons. The van der Waals surface area contributed by atoms with Crippen molar-refractivity contribution in [2.75, 3.05) is 18.4 Å². The summed E-state index contributed by atoms with van der Waals surface area (Å²) in [5.41, 5.74) is 1.70. The number of halogens is 2. The molecule has 0 radical (unpaired) electrons. The maximum Gasteiger partial charge on any atom is 0.245 e. The lowest BCUT2D eigenvalue weighted by atomic mass is 9.78. The Morgan fingerprint density at radius 1 is 1.19 bits per heavy atom. The molecule has 1 amide bonds. The molecule has 0 spiro atoms. The van der Waals surface area contributed by atoms with E-state index in [2.05, 4.69) is 10.4 Å². The first-order valence-corrected chi connectivity index (χ1v) is 9.37. The zero-order chi connectivity index (χ0) is 19.6. The van der Waals surface area contributed by atoms with Gasteiger partial charge in [0.25, 0.3) is 0 Å². The lowest BCUT2D eigenvalue weighted by molar-refractivity contribution is -0.117. The Hall–Kier alpha value is -2.08. The largest absolute Gasteiger partial charge is 0.392 e. The predicted octanol–water partition coefficient (Wildman–Crippen LogP) is 4.04. The number of anilines is 1. The van der Waals surface area contributed by atoms with E-state index in [1.54, 1.807) is 48.3 Å². The van der Waals surface area contributed by atoms with Crippen LogP contribution in [0.15, 0.2) is 53.6 Å². The first kappa shape index (κ1) is 19.7. The zero-order valence-electron chi connectivity index (χ0n) is 15.1. The van der Waals surface area contributed by atoms with Gasteiger partial charge in [0.1, 0.15) is 6.54 Å². The zero-order valence-corrected chi connectivity index (χ0v) is 16.6. The van der Waals surface area contributed by atoms with Crippen LogP contribution in [-0.4, -0.2) is 40.9 Å².